The molecular formula is C14H22N4O3S. The van der Waals surface area contributed by atoms with E-state index < -0.39 is 0 Å². The van der Waals surface area contributed by atoms with E-state index in [4.69, 9.17) is 0 Å². The van der Waals surface area contributed by atoms with Crippen molar-refractivity contribution in [3.63, 3.8) is 0 Å². The molecule has 0 aliphatic carbocycles. The summed E-state index contributed by atoms with van der Waals surface area (Å²) in [6.07, 6.45) is 1.87. The second-order valence-electron chi connectivity index (χ2n) is 5.97. The summed E-state index contributed by atoms with van der Waals surface area (Å²) in [6.45, 7) is 3.42. The molecule has 3 saturated heterocycles. The van der Waals surface area contributed by atoms with Crippen LogP contribution in [0.4, 0.5) is 0 Å². The monoisotopic (exact) mass is 326 g/mol. The fourth-order valence-electron chi connectivity index (χ4n) is 3.25. The quantitative estimate of drug-likeness (QED) is 0.716. The van der Waals surface area contributed by atoms with Gasteiger partial charge in [-0.05, 0) is 12.8 Å². The maximum atomic E-state index is 12.4. The van der Waals surface area contributed by atoms with E-state index in [2.05, 4.69) is 5.32 Å². The first-order chi connectivity index (χ1) is 10.6. The second kappa shape index (κ2) is 6.87. The van der Waals surface area contributed by atoms with Crippen molar-refractivity contribution in [1.29, 1.82) is 0 Å². The molecule has 7 nitrogen and oxygen atoms in total. The number of nitrogens with one attached hydrogen (secondary N) is 1. The van der Waals surface area contributed by atoms with Crippen LogP contribution in [0.15, 0.2) is 0 Å². The van der Waals surface area contributed by atoms with Crippen molar-refractivity contribution in [3.05, 3.63) is 0 Å². The normalized spacial score (nSPS) is 26.7. The molecule has 0 aromatic carbocycles. The van der Waals surface area contributed by atoms with Gasteiger partial charge in [-0.1, -0.05) is 0 Å². The number of likely N-dealkylation sites (tertiary alicyclic amines) is 1. The van der Waals surface area contributed by atoms with Gasteiger partial charge >= 0.3 is 0 Å². The van der Waals surface area contributed by atoms with Gasteiger partial charge in [0.1, 0.15) is 6.54 Å². The van der Waals surface area contributed by atoms with Gasteiger partial charge in [-0.25, -0.2) is 0 Å². The molecule has 0 aromatic rings. The Bertz CT molecular complexity index is 473. The molecule has 0 spiro atoms. The summed E-state index contributed by atoms with van der Waals surface area (Å²) >= 11 is 1.55. The van der Waals surface area contributed by atoms with Crippen molar-refractivity contribution >= 4 is 29.5 Å². The molecule has 22 heavy (non-hydrogen) atoms. The Morgan fingerprint density at radius 3 is 2.86 bits per heavy atom. The van der Waals surface area contributed by atoms with Crippen LogP contribution in [0.25, 0.3) is 0 Å². The number of piperidine rings is 1. The summed E-state index contributed by atoms with van der Waals surface area (Å²) in [4.78, 5) is 41.4. The number of nitrogens with zero attached hydrogens (tertiary/aromatic N) is 3. The first kappa shape index (κ1) is 15.6. The molecule has 1 N–H and O–H groups in total. The van der Waals surface area contributed by atoms with E-state index in [0.29, 0.717) is 31.3 Å². The van der Waals surface area contributed by atoms with Crippen LogP contribution in [0, 0.1) is 0 Å². The SMILES string of the molecule is O=C1CSCN1CC(=O)N1CCCC(N2CCNCC2=O)C1. The van der Waals surface area contributed by atoms with Crippen molar-refractivity contribution in [2.45, 2.75) is 18.9 Å². The number of amides is 3. The molecule has 0 radical (unpaired) electrons. The van der Waals surface area contributed by atoms with Gasteiger partial charge in [-0.15, -0.1) is 11.8 Å². The van der Waals surface area contributed by atoms with Crippen molar-refractivity contribution in [3.8, 4) is 0 Å². The maximum absolute atomic E-state index is 12.4. The van der Waals surface area contributed by atoms with Gasteiger partial charge < -0.3 is 20.0 Å². The minimum Gasteiger partial charge on any atom is -0.339 e. The van der Waals surface area contributed by atoms with Crippen molar-refractivity contribution in [1.82, 2.24) is 20.0 Å². The molecule has 1 unspecified atom stereocenters. The Kier molecular flexibility index (Phi) is 4.87. The van der Waals surface area contributed by atoms with Crippen LogP contribution in [0.1, 0.15) is 12.8 Å². The fraction of sp³-hybridized carbons (Fsp3) is 0.786. The molecular weight excluding hydrogens is 304 g/mol. The predicted molar refractivity (Wildman–Crippen MR) is 83.2 cm³/mol. The third-order valence-corrected chi connectivity index (χ3v) is 5.41. The summed E-state index contributed by atoms with van der Waals surface area (Å²) < 4.78 is 0. The predicted octanol–water partition coefficient (Wildman–Crippen LogP) is -1.06. The Labute approximate surface area is 134 Å². The van der Waals surface area contributed by atoms with E-state index in [-0.39, 0.29) is 30.3 Å². The van der Waals surface area contributed by atoms with Gasteiger partial charge in [0.2, 0.25) is 17.7 Å². The lowest BCUT2D eigenvalue weighted by Gasteiger charge is -2.41. The standard InChI is InChI=1S/C14H22N4O3S/c19-12-6-15-3-5-18(12)11-2-1-4-16(7-11)13(20)8-17-10-22-9-14(17)21/h11,15H,1-10H2. The number of carbonyl (C=O) groups is 3. The third-order valence-electron chi connectivity index (χ3n) is 4.47. The van der Waals surface area contributed by atoms with Crippen LogP contribution in [-0.4, -0.2) is 89.4 Å². The summed E-state index contributed by atoms with van der Waals surface area (Å²) in [5.74, 6) is 1.26. The average Bonchev–Trinajstić information content (AvgIpc) is 2.93. The van der Waals surface area contributed by atoms with Gasteiger partial charge in [0.15, 0.2) is 0 Å². The zero-order valence-electron chi connectivity index (χ0n) is 12.6. The average molecular weight is 326 g/mol. The zero-order chi connectivity index (χ0) is 15.5. The summed E-state index contributed by atoms with van der Waals surface area (Å²) in [6, 6.07) is 0.121. The molecule has 0 aromatic heterocycles. The zero-order valence-corrected chi connectivity index (χ0v) is 13.4. The highest BCUT2D eigenvalue weighted by Gasteiger charge is 2.33. The third kappa shape index (κ3) is 3.38. The first-order valence-corrected chi connectivity index (χ1v) is 8.94. The molecule has 3 fully saturated rings. The largest absolute Gasteiger partial charge is 0.339 e. The summed E-state index contributed by atoms with van der Waals surface area (Å²) in [7, 11) is 0. The van der Waals surface area contributed by atoms with Gasteiger partial charge in [0, 0.05) is 32.2 Å². The molecule has 3 rings (SSSR count). The molecule has 0 saturated carbocycles. The number of carbonyl (C=O) groups excluding carboxylic acids is 3. The second-order valence-corrected chi connectivity index (χ2v) is 6.92. The highest BCUT2D eigenvalue weighted by atomic mass is 32.2. The molecule has 1 atom stereocenters. The molecule has 3 aliphatic heterocycles. The Hall–Kier alpha value is -1.28. The lowest BCUT2D eigenvalue weighted by atomic mass is 10.0. The van der Waals surface area contributed by atoms with Crippen LogP contribution in [-0.2, 0) is 14.4 Å². The van der Waals surface area contributed by atoms with Crippen molar-refractivity contribution in [2.24, 2.45) is 0 Å². The first-order valence-electron chi connectivity index (χ1n) is 7.78. The Morgan fingerprint density at radius 1 is 1.27 bits per heavy atom. The number of thioether (sulfide) groups is 1. The van der Waals surface area contributed by atoms with E-state index in [1.807, 2.05) is 9.80 Å². The molecule has 3 amide bonds. The van der Waals surface area contributed by atoms with Gasteiger partial charge in [-0.2, -0.15) is 0 Å². The number of hydrogen-bond acceptors (Lipinski definition) is 5. The molecule has 0 bridgehead atoms. The minimum atomic E-state index is 0.00290. The van der Waals surface area contributed by atoms with Crippen LogP contribution in [0.3, 0.4) is 0 Å². The summed E-state index contributed by atoms with van der Waals surface area (Å²) in [5, 5.41) is 3.07. The Morgan fingerprint density at radius 2 is 2.14 bits per heavy atom. The van der Waals surface area contributed by atoms with E-state index >= 15 is 0 Å². The van der Waals surface area contributed by atoms with E-state index in [0.717, 1.165) is 25.9 Å². The number of piperazine rings is 1. The molecule has 122 valence electrons. The van der Waals surface area contributed by atoms with E-state index in [9.17, 15) is 14.4 Å². The van der Waals surface area contributed by atoms with Crippen molar-refractivity contribution in [2.75, 3.05) is 50.9 Å². The summed E-state index contributed by atoms with van der Waals surface area (Å²) in [5.41, 5.74) is 0. The smallest absolute Gasteiger partial charge is 0.242 e. The fourth-order valence-corrected chi connectivity index (χ4v) is 4.15. The van der Waals surface area contributed by atoms with Crippen LogP contribution in [0.5, 0.6) is 0 Å². The topological polar surface area (TPSA) is 73.0 Å². The highest BCUT2D eigenvalue weighted by Crippen LogP contribution is 2.19. The highest BCUT2D eigenvalue weighted by molar-refractivity contribution is 8.00. The molecule has 8 heteroatoms. The van der Waals surface area contributed by atoms with E-state index in [1.165, 1.54) is 0 Å². The van der Waals surface area contributed by atoms with E-state index in [1.54, 1.807) is 16.7 Å². The lowest BCUT2D eigenvalue weighted by Crippen LogP contribution is -2.58. The van der Waals surface area contributed by atoms with Crippen molar-refractivity contribution < 1.29 is 14.4 Å². The number of hydrogen-bond donors (Lipinski definition) is 1. The minimum absolute atomic E-state index is 0.00290. The Balaban J connectivity index is 1.56. The maximum Gasteiger partial charge on any atom is 0.242 e. The number of rotatable bonds is 3. The van der Waals surface area contributed by atoms with Gasteiger partial charge in [0.05, 0.1) is 18.2 Å². The van der Waals surface area contributed by atoms with Crippen LogP contribution in [0.2, 0.25) is 0 Å². The molecule has 3 aliphatic rings. The van der Waals surface area contributed by atoms with Gasteiger partial charge in [0.25, 0.3) is 0 Å². The molecule has 3 heterocycles. The van der Waals surface area contributed by atoms with Gasteiger partial charge in [-0.3, -0.25) is 14.4 Å². The lowest BCUT2D eigenvalue weighted by molar-refractivity contribution is -0.142. The van der Waals surface area contributed by atoms with Crippen LogP contribution >= 0.6 is 11.8 Å². The van der Waals surface area contributed by atoms with Crippen LogP contribution < -0.4 is 5.32 Å².